The topological polar surface area (TPSA) is 69.6 Å². The smallest absolute Gasteiger partial charge is 0.278 e. The van der Waals surface area contributed by atoms with Crippen LogP contribution in [0.25, 0.3) is 0 Å². The van der Waals surface area contributed by atoms with Crippen molar-refractivity contribution in [3.05, 3.63) is 112 Å². The van der Waals surface area contributed by atoms with Crippen molar-refractivity contribution in [2.45, 2.75) is 33.9 Å². The molecule has 0 saturated carbocycles. The van der Waals surface area contributed by atoms with E-state index >= 15 is 0 Å². The SMILES string of the molecule is Cc1ccc(Cn2ccccc2=NC(=O)c2ccc(OCc3c(C)noc3C)cc2)cc1. The molecular weight excluding hydrogens is 402 g/mol. The molecule has 0 fully saturated rings. The van der Waals surface area contributed by atoms with E-state index < -0.39 is 0 Å². The molecule has 0 atom stereocenters. The first-order chi connectivity index (χ1) is 15.5. The quantitative estimate of drug-likeness (QED) is 0.444. The molecule has 0 unspecified atom stereocenters. The van der Waals surface area contributed by atoms with Crippen molar-refractivity contribution in [1.82, 2.24) is 9.72 Å². The molecule has 0 spiro atoms. The highest BCUT2D eigenvalue weighted by molar-refractivity contribution is 5.94. The first-order valence-electron chi connectivity index (χ1n) is 10.4. The largest absolute Gasteiger partial charge is 0.489 e. The summed E-state index contributed by atoms with van der Waals surface area (Å²) in [7, 11) is 0. The fourth-order valence-electron chi connectivity index (χ4n) is 3.32. The monoisotopic (exact) mass is 427 g/mol. The van der Waals surface area contributed by atoms with Crippen LogP contribution in [-0.4, -0.2) is 15.6 Å². The number of aromatic nitrogens is 2. The maximum absolute atomic E-state index is 12.8. The number of benzene rings is 2. The van der Waals surface area contributed by atoms with Gasteiger partial charge in [0, 0.05) is 18.3 Å². The van der Waals surface area contributed by atoms with Crippen LogP contribution in [0.4, 0.5) is 0 Å². The van der Waals surface area contributed by atoms with Crippen molar-refractivity contribution in [2.24, 2.45) is 4.99 Å². The molecule has 2 aromatic heterocycles. The third-order valence-corrected chi connectivity index (χ3v) is 5.27. The molecule has 4 aromatic rings. The van der Waals surface area contributed by atoms with Crippen molar-refractivity contribution in [3.8, 4) is 5.75 Å². The Bertz CT molecular complexity index is 1260. The van der Waals surface area contributed by atoms with Crippen LogP contribution < -0.4 is 10.2 Å². The van der Waals surface area contributed by atoms with Crippen LogP contribution in [0.1, 0.15) is 38.5 Å². The van der Waals surface area contributed by atoms with Crippen molar-refractivity contribution < 1.29 is 14.1 Å². The Morgan fingerprint density at radius 3 is 2.44 bits per heavy atom. The molecule has 0 saturated heterocycles. The number of nitrogens with zero attached hydrogens (tertiary/aromatic N) is 3. The maximum Gasteiger partial charge on any atom is 0.278 e. The number of hydrogen-bond acceptors (Lipinski definition) is 4. The highest BCUT2D eigenvalue weighted by atomic mass is 16.5. The summed E-state index contributed by atoms with van der Waals surface area (Å²) in [5.74, 6) is 1.11. The summed E-state index contributed by atoms with van der Waals surface area (Å²) >= 11 is 0. The van der Waals surface area contributed by atoms with Gasteiger partial charge in [-0.05, 0) is 62.7 Å². The molecule has 2 heterocycles. The maximum atomic E-state index is 12.8. The zero-order chi connectivity index (χ0) is 22.5. The summed E-state index contributed by atoms with van der Waals surface area (Å²) in [6.45, 7) is 6.80. The second-order valence-corrected chi connectivity index (χ2v) is 7.71. The summed E-state index contributed by atoms with van der Waals surface area (Å²) in [6, 6.07) is 21.0. The van der Waals surface area contributed by atoms with Crippen LogP contribution in [-0.2, 0) is 13.2 Å². The van der Waals surface area contributed by atoms with E-state index in [1.807, 2.05) is 42.8 Å². The van der Waals surface area contributed by atoms with E-state index in [0.29, 0.717) is 30.0 Å². The van der Waals surface area contributed by atoms with Gasteiger partial charge in [-0.15, -0.1) is 0 Å². The number of aryl methyl sites for hydroxylation is 3. The lowest BCUT2D eigenvalue weighted by molar-refractivity contribution is 0.0997. The van der Waals surface area contributed by atoms with Gasteiger partial charge in [0.05, 0.1) is 11.3 Å². The van der Waals surface area contributed by atoms with Gasteiger partial charge in [0.2, 0.25) is 0 Å². The van der Waals surface area contributed by atoms with Gasteiger partial charge in [0.25, 0.3) is 5.91 Å². The van der Waals surface area contributed by atoms with E-state index in [0.717, 1.165) is 22.6 Å². The molecule has 0 N–H and O–H groups in total. The molecule has 0 aliphatic rings. The fraction of sp³-hybridized carbons (Fsp3) is 0.192. The Morgan fingerprint density at radius 1 is 1.00 bits per heavy atom. The fourth-order valence-corrected chi connectivity index (χ4v) is 3.32. The normalized spacial score (nSPS) is 11.5. The number of rotatable bonds is 6. The third kappa shape index (κ3) is 5.03. The number of amides is 1. The summed E-state index contributed by atoms with van der Waals surface area (Å²) in [5.41, 5.74) is 5.22. The van der Waals surface area contributed by atoms with Crippen LogP contribution in [0.5, 0.6) is 5.75 Å². The van der Waals surface area contributed by atoms with Gasteiger partial charge in [-0.3, -0.25) is 4.79 Å². The average molecular weight is 428 g/mol. The summed E-state index contributed by atoms with van der Waals surface area (Å²) in [5, 5.41) is 3.93. The average Bonchev–Trinajstić information content (AvgIpc) is 3.12. The van der Waals surface area contributed by atoms with Crippen LogP contribution in [0.3, 0.4) is 0 Å². The first-order valence-corrected chi connectivity index (χ1v) is 10.4. The molecule has 0 radical (unpaired) electrons. The van der Waals surface area contributed by atoms with Gasteiger partial charge in [-0.2, -0.15) is 4.99 Å². The van der Waals surface area contributed by atoms with Crippen molar-refractivity contribution >= 4 is 5.91 Å². The molecule has 4 rings (SSSR count). The molecule has 162 valence electrons. The predicted octanol–water partition coefficient (Wildman–Crippen LogP) is 4.77. The van der Waals surface area contributed by atoms with E-state index in [9.17, 15) is 4.79 Å². The van der Waals surface area contributed by atoms with Crippen molar-refractivity contribution in [2.75, 3.05) is 0 Å². The van der Waals surface area contributed by atoms with E-state index in [-0.39, 0.29) is 5.91 Å². The van der Waals surface area contributed by atoms with Crippen LogP contribution in [0.2, 0.25) is 0 Å². The van der Waals surface area contributed by atoms with E-state index in [4.69, 9.17) is 9.26 Å². The number of carbonyl (C=O) groups is 1. The second-order valence-electron chi connectivity index (χ2n) is 7.71. The highest BCUT2D eigenvalue weighted by Gasteiger charge is 2.10. The van der Waals surface area contributed by atoms with E-state index in [2.05, 4.69) is 41.3 Å². The Balaban J connectivity index is 1.48. The van der Waals surface area contributed by atoms with Gasteiger partial charge in [-0.1, -0.05) is 41.1 Å². The van der Waals surface area contributed by atoms with Crippen LogP contribution in [0, 0.1) is 20.8 Å². The number of hydrogen-bond donors (Lipinski definition) is 0. The Hall–Kier alpha value is -3.93. The molecular formula is C26H25N3O3. The van der Waals surface area contributed by atoms with Gasteiger partial charge >= 0.3 is 0 Å². The zero-order valence-electron chi connectivity index (χ0n) is 18.4. The number of pyridine rings is 1. The lowest BCUT2D eigenvalue weighted by atomic mass is 10.1. The van der Waals surface area contributed by atoms with Crippen molar-refractivity contribution in [3.63, 3.8) is 0 Å². The van der Waals surface area contributed by atoms with E-state index in [1.165, 1.54) is 5.56 Å². The lowest BCUT2D eigenvalue weighted by Gasteiger charge is -2.08. The molecule has 0 aliphatic heterocycles. The molecule has 1 amide bonds. The first kappa shape index (κ1) is 21.3. The molecule has 6 nitrogen and oxygen atoms in total. The van der Waals surface area contributed by atoms with Gasteiger partial charge in [-0.25, -0.2) is 0 Å². The van der Waals surface area contributed by atoms with Gasteiger partial charge in [0.1, 0.15) is 23.6 Å². The van der Waals surface area contributed by atoms with Gasteiger partial charge < -0.3 is 13.8 Å². The van der Waals surface area contributed by atoms with Crippen LogP contribution in [0.15, 0.2) is 82.4 Å². The lowest BCUT2D eigenvalue weighted by Crippen LogP contribution is -2.22. The highest BCUT2D eigenvalue weighted by Crippen LogP contribution is 2.18. The number of carbonyl (C=O) groups excluding carboxylic acids is 1. The van der Waals surface area contributed by atoms with Crippen molar-refractivity contribution in [1.29, 1.82) is 0 Å². The summed E-state index contributed by atoms with van der Waals surface area (Å²) in [4.78, 5) is 17.1. The van der Waals surface area contributed by atoms with Gasteiger partial charge in [0.15, 0.2) is 0 Å². The Kier molecular flexibility index (Phi) is 6.31. The molecule has 0 aliphatic carbocycles. The molecule has 32 heavy (non-hydrogen) atoms. The molecule has 0 bridgehead atoms. The van der Waals surface area contributed by atoms with Crippen LogP contribution >= 0.6 is 0 Å². The minimum atomic E-state index is -0.300. The Labute approximate surface area is 186 Å². The standard InChI is InChI=1S/C26H25N3O3/c1-18-7-9-21(10-8-18)16-29-15-5-4-6-25(29)27-26(30)22-11-13-23(14-12-22)31-17-24-19(2)28-32-20(24)3/h4-15H,16-17H2,1-3H3. The summed E-state index contributed by atoms with van der Waals surface area (Å²) in [6.07, 6.45) is 1.93. The predicted molar refractivity (Wildman–Crippen MR) is 121 cm³/mol. The third-order valence-electron chi connectivity index (χ3n) is 5.27. The minimum absolute atomic E-state index is 0.300. The second kappa shape index (κ2) is 9.47. The van der Waals surface area contributed by atoms with E-state index in [1.54, 1.807) is 24.3 Å². The number of ether oxygens (including phenoxy) is 1. The molecule has 6 heteroatoms. The Morgan fingerprint density at radius 2 is 1.75 bits per heavy atom. The zero-order valence-corrected chi connectivity index (χ0v) is 18.4. The minimum Gasteiger partial charge on any atom is -0.489 e. The summed E-state index contributed by atoms with van der Waals surface area (Å²) < 4.78 is 12.9. The molecule has 2 aromatic carbocycles.